The number of halogens is 2. The third-order valence-corrected chi connectivity index (χ3v) is 4.55. The number of benzene rings is 1. The van der Waals surface area contributed by atoms with Crippen molar-refractivity contribution >= 4 is 37.8 Å². The molecule has 0 spiro atoms. The van der Waals surface area contributed by atoms with Gasteiger partial charge in [0.15, 0.2) is 0 Å². The van der Waals surface area contributed by atoms with Gasteiger partial charge in [-0.3, -0.25) is 4.79 Å². The summed E-state index contributed by atoms with van der Waals surface area (Å²) in [4.78, 5) is 11.6. The number of hydrogen-bond acceptors (Lipinski definition) is 4. The van der Waals surface area contributed by atoms with Gasteiger partial charge in [0.1, 0.15) is 17.6 Å². The van der Waals surface area contributed by atoms with Crippen LogP contribution in [0.3, 0.4) is 0 Å². The van der Waals surface area contributed by atoms with Crippen LogP contribution in [0.25, 0.3) is 0 Å². The number of hydrogen-bond donors (Lipinski definition) is 0. The Kier molecular flexibility index (Phi) is 7.52. The lowest BCUT2D eigenvalue weighted by molar-refractivity contribution is -0.147. The van der Waals surface area contributed by atoms with Crippen molar-refractivity contribution in [2.75, 3.05) is 14.2 Å². The summed E-state index contributed by atoms with van der Waals surface area (Å²) < 4.78 is 16.1. The fraction of sp³-hybridized carbons (Fsp3) is 0.533. The smallest absolute Gasteiger partial charge is 0.312 e. The van der Waals surface area contributed by atoms with Gasteiger partial charge in [-0.05, 0) is 26.0 Å². The van der Waals surface area contributed by atoms with Crippen molar-refractivity contribution in [3.63, 3.8) is 0 Å². The molecular formula is C15H20Br2O4. The van der Waals surface area contributed by atoms with E-state index >= 15 is 0 Å². The van der Waals surface area contributed by atoms with Crippen LogP contribution >= 0.6 is 31.9 Å². The lowest BCUT2D eigenvalue weighted by Crippen LogP contribution is -2.29. The lowest BCUT2D eigenvalue weighted by Gasteiger charge is -2.22. The summed E-state index contributed by atoms with van der Waals surface area (Å²) in [6.45, 7) is 3.65. The second kappa shape index (κ2) is 8.63. The molecule has 0 bridgehead atoms. The molecule has 0 aliphatic rings. The van der Waals surface area contributed by atoms with Crippen LogP contribution in [0.5, 0.6) is 11.5 Å². The summed E-state index contributed by atoms with van der Waals surface area (Å²) in [7, 11) is 3.02. The number of ether oxygens (including phenoxy) is 3. The van der Waals surface area contributed by atoms with Crippen molar-refractivity contribution in [3.8, 4) is 11.5 Å². The van der Waals surface area contributed by atoms with E-state index in [-0.39, 0.29) is 18.0 Å². The molecule has 0 amide bonds. The molecule has 1 aromatic rings. The zero-order chi connectivity index (χ0) is 16.0. The number of esters is 1. The second-order valence-electron chi connectivity index (χ2n) is 4.67. The third-order valence-electron chi connectivity index (χ3n) is 3.34. The van der Waals surface area contributed by atoms with Gasteiger partial charge in [-0.2, -0.15) is 0 Å². The van der Waals surface area contributed by atoms with E-state index in [1.807, 2.05) is 19.1 Å². The predicted octanol–water partition coefficient (Wildman–Crippen LogP) is 4.06. The standard InChI is InChI=1S/C15H20Br2O4/c1-9(15(18)20-4)10(2)21-14-6-11(7-16)13(19-3)5-12(14)8-17/h5-6,9-10H,7-8H2,1-4H3/t9?,10-/m1/s1. The van der Waals surface area contributed by atoms with Gasteiger partial charge in [0.05, 0.1) is 20.1 Å². The van der Waals surface area contributed by atoms with Crippen molar-refractivity contribution in [1.82, 2.24) is 0 Å². The number of rotatable bonds is 7. The average Bonchev–Trinajstić information content (AvgIpc) is 2.52. The Hall–Kier alpha value is -0.750. The summed E-state index contributed by atoms with van der Waals surface area (Å²) in [5, 5.41) is 1.30. The highest BCUT2D eigenvalue weighted by Gasteiger charge is 2.23. The molecule has 1 aromatic carbocycles. The van der Waals surface area contributed by atoms with Crippen LogP contribution in [0.4, 0.5) is 0 Å². The first kappa shape index (κ1) is 18.3. The Labute approximate surface area is 142 Å². The minimum atomic E-state index is -0.340. The molecule has 0 N–H and O–H groups in total. The highest BCUT2D eigenvalue weighted by molar-refractivity contribution is 9.08. The topological polar surface area (TPSA) is 44.8 Å². The first-order chi connectivity index (χ1) is 9.98. The quantitative estimate of drug-likeness (QED) is 0.490. The molecule has 0 saturated heterocycles. The molecule has 118 valence electrons. The molecule has 0 fully saturated rings. The van der Waals surface area contributed by atoms with E-state index in [1.54, 1.807) is 14.0 Å². The van der Waals surface area contributed by atoms with Gasteiger partial charge in [-0.1, -0.05) is 31.9 Å². The summed E-state index contributed by atoms with van der Waals surface area (Å²) in [5.41, 5.74) is 1.97. The molecule has 0 radical (unpaired) electrons. The van der Waals surface area contributed by atoms with Gasteiger partial charge in [0.2, 0.25) is 0 Å². The lowest BCUT2D eigenvalue weighted by atomic mass is 10.1. The molecule has 1 rings (SSSR count). The summed E-state index contributed by atoms with van der Waals surface area (Å²) >= 11 is 6.89. The summed E-state index contributed by atoms with van der Waals surface area (Å²) in [6.07, 6.45) is -0.285. The minimum Gasteiger partial charge on any atom is -0.496 e. The zero-order valence-corrected chi connectivity index (χ0v) is 15.8. The molecule has 6 heteroatoms. The van der Waals surface area contributed by atoms with Crippen molar-refractivity contribution < 1.29 is 19.0 Å². The van der Waals surface area contributed by atoms with Crippen LogP contribution in [-0.4, -0.2) is 26.3 Å². The molecular weight excluding hydrogens is 404 g/mol. The SMILES string of the molecule is COC(=O)C(C)[C@@H](C)Oc1cc(CBr)c(OC)cc1CBr. The highest BCUT2D eigenvalue weighted by Crippen LogP contribution is 2.33. The number of carbonyl (C=O) groups is 1. The van der Waals surface area contributed by atoms with E-state index in [9.17, 15) is 4.79 Å². The summed E-state index contributed by atoms with van der Waals surface area (Å²) in [5.74, 6) is 0.928. The maximum absolute atomic E-state index is 11.6. The van der Waals surface area contributed by atoms with E-state index in [0.29, 0.717) is 10.7 Å². The van der Waals surface area contributed by atoms with Crippen molar-refractivity contribution in [2.24, 2.45) is 5.92 Å². The molecule has 0 heterocycles. The molecule has 0 saturated carbocycles. The number of carbonyl (C=O) groups excluding carboxylic acids is 1. The number of methoxy groups -OCH3 is 2. The van der Waals surface area contributed by atoms with E-state index in [0.717, 1.165) is 22.6 Å². The van der Waals surface area contributed by atoms with Crippen molar-refractivity contribution in [3.05, 3.63) is 23.3 Å². The Bertz CT molecular complexity index is 491. The zero-order valence-electron chi connectivity index (χ0n) is 12.6. The third kappa shape index (κ3) is 4.61. The Morgan fingerprint density at radius 3 is 2.10 bits per heavy atom. The van der Waals surface area contributed by atoms with Crippen LogP contribution in [-0.2, 0) is 20.2 Å². The van der Waals surface area contributed by atoms with E-state index in [4.69, 9.17) is 14.2 Å². The van der Waals surface area contributed by atoms with Crippen LogP contribution < -0.4 is 9.47 Å². The monoisotopic (exact) mass is 422 g/mol. The van der Waals surface area contributed by atoms with Gasteiger partial charge in [0.25, 0.3) is 0 Å². The van der Waals surface area contributed by atoms with E-state index in [1.165, 1.54) is 7.11 Å². The maximum Gasteiger partial charge on any atom is 0.312 e. The second-order valence-corrected chi connectivity index (χ2v) is 5.80. The van der Waals surface area contributed by atoms with Crippen molar-refractivity contribution in [2.45, 2.75) is 30.6 Å². The first-order valence-electron chi connectivity index (χ1n) is 6.54. The van der Waals surface area contributed by atoms with Crippen LogP contribution in [0.1, 0.15) is 25.0 Å². The predicted molar refractivity (Wildman–Crippen MR) is 89.5 cm³/mol. The molecule has 1 unspecified atom stereocenters. The summed E-state index contributed by atoms with van der Waals surface area (Å²) in [6, 6.07) is 3.88. The van der Waals surface area contributed by atoms with Gasteiger partial charge in [-0.15, -0.1) is 0 Å². The minimum absolute atomic E-state index is 0.280. The van der Waals surface area contributed by atoms with Gasteiger partial charge >= 0.3 is 5.97 Å². The van der Waals surface area contributed by atoms with Gasteiger partial charge in [0, 0.05) is 21.8 Å². The maximum atomic E-state index is 11.6. The molecule has 4 nitrogen and oxygen atoms in total. The fourth-order valence-electron chi connectivity index (χ4n) is 1.83. The number of alkyl halides is 2. The molecule has 0 aliphatic heterocycles. The molecule has 0 aliphatic carbocycles. The van der Waals surface area contributed by atoms with Crippen molar-refractivity contribution in [1.29, 1.82) is 0 Å². The first-order valence-corrected chi connectivity index (χ1v) is 8.78. The highest BCUT2D eigenvalue weighted by atomic mass is 79.9. The molecule has 21 heavy (non-hydrogen) atoms. The fourth-order valence-corrected chi connectivity index (χ4v) is 2.71. The normalized spacial score (nSPS) is 13.4. The van der Waals surface area contributed by atoms with E-state index in [2.05, 4.69) is 31.9 Å². The van der Waals surface area contributed by atoms with Crippen LogP contribution in [0.2, 0.25) is 0 Å². The Morgan fingerprint density at radius 1 is 1.10 bits per heavy atom. The van der Waals surface area contributed by atoms with Gasteiger partial charge < -0.3 is 14.2 Å². The average molecular weight is 424 g/mol. The van der Waals surface area contributed by atoms with Crippen LogP contribution in [0.15, 0.2) is 12.1 Å². The van der Waals surface area contributed by atoms with Gasteiger partial charge in [-0.25, -0.2) is 0 Å². The largest absolute Gasteiger partial charge is 0.496 e. The Morgan fingerprint density at radius 2 is 1.62 bits per heavy atom. The molecule has 0 aromatic heterocycles. The Balaban J connectivity index is 3.03. The van der Waals surface area contributed by atoms with E-state index < -0.39 is 0 Å². The van der Waals surface area contributed by atoms with Crippen LogP contribution in [0, 0.1) is 5.92 Å². The molecule has 2 atom stereocenters.